The second-order valence-electron chi connectivity index (χ2n) is 2.70. The molecule has 0 amide bonds. The summed E-state index contributed by atoms with van der Waals surface area (Å²) >= 11 is 0. The zero-order chi connectivity index (χ0) is 9.26. The molecular formula is C9H8N2O2. The van der Waals surface area contributed by atoms with Crippen molar-refractivity contribution in [2.75, 3.05) is 0 Å². The van der Waals surface area contributed by atoms with E-state index in [2.05, 4.69) is 10.3 Å². The largest absolute Gasteiger partial charge is 0.410 e. The van der Waals surface area contributed by atoms with Gasteiger partial charge in [-0.2, -0.15) is 0 Å². The first-order valence-electron chi connectivity index (χ1n) is 3.86. The van der Waals surface area contributed by atoms with Gasteiger partial charge in [0, 0.05) is 5.39 Å². The first kappa shape index (κ1) is 7.79. The van der Waals surface area contributed by atoms with Crippen LogP contribution in [0.15, 0.2) is 33.9 Å². The van der Waals surface area contributed by atoms with Gasteiger partial charge in [0.25, 0.3) is 0 Å². The molecule has 0 fully saturated rings. The highest BCUT2D eigenvalue weighted by Crippen LogP contribution is 2.11. The topological polar surface area (TPSA) is 58.6 Å². The average Bonchev–Trinajstić information content (AvgIpc) is 2.39. The molecule has 4 heteroatoms. The van der Waals surface area contributed by atoms with Crippen LogP contribution in [0.25, 0.3) is 10.9 Å². The van der Waals surface area contributed by atoms with Crippen LogP contribution in [0.3, 0.4) is 0 Å². The van der Waals surface area contributed by atoms with Crippen LogP contribution in [-0.4, -0.2) is 10.4 Å². The highest BCUT2D eigenvalue weighted by Gasteiger charge is 2.03. The second-order valence-corrected chi connectivity index (χ2v) is 2.70. The minimum absolute atomic E-state index is 0.414. The number of nitrogens with zero attached hydrogens (tertiary/aromatic N) is 2. The third-order valence-electron chi connectivity index (χ3n) is 1.89. The van der Waals surface area contributed by atoms with Crippen LogP contribution in [0.4, 0.5) is 0 Å². The van der Waals surface area contributed by atoms with Gasteiger partial charge in [0.1, 0.15) is 16.6 Å². The lowest BCUT2D eigenvalue weighted by molar-refractivity contribution is 0.302. The lowest BCUT2D eigenvalue weighted by Crippen LogP contribution is -1.98. The first-order valence-corrected chi connectivity index (χ1v) is 3.86. The van der Waals surface area contributed by atoms with E-state index in [0.717, 1.165) is 11.1 Å². The maximum atomic E-state index is 8.70. The summed E-state index contributed by atoms with van der Waals surface area (Å²) in [5, 5.41) is 16.9. The SMILES string of the molecule is Cc1onc2/c(=N\O)ccccc12. The fraction of sp³-hybridized carbons (Fsp3) is 0.111. The zero-order valence-electron chi connectivity index (χ0n) is 7.06. The molecule has 1 heterocycles. The third kappa shape index (κ3) is 1.16. The van der Waals surface area contributed by atoms with E-state index in [0.29, 0.717) is 10.9 Å². The lowest BCUT2D eigenvalue weighted by Gasteiger charge is -1.77. The van der Waals surface area contributed by atoms with Gasteiger partial charge < -0.3 is 9.73 Å². The number of rotatable bonds is 0. The molecule has 66 valence electrons. The highest BCUT2D eigenvalue weighted by molar-refractivity contribution is 5.78. The Labute approximate surface area is 74.1 Å². The molecular weight excluding hydrogens is 168 g/mol. The Hall–Kier alpha value is -1.84. The molecule has 0 aliphatic rings. The third-order valence-corrected chi connectivity index (χ3v) is 1.89. The molecule has 0 aliphatic carbocycles. The van der Waals surface area contributed by atoms with Crippen LogP contribution < -0.4 is 5.36 Å². The normalized spacial score (nSPS) is 12.2. The van der Waals surface area contributed by atoms with Crippen molar-refractivity contribution in [2.45, 2.75) is 6.92 Å². The Balaban J connectivity index is 3.05. The van der Waals surface area contributed by atoms with E-state index in [9.17, 15) is 0 Å². The Morgan fingerprint density at radius 1 is 1.38 bits per heavy atom. The van der Waals surface area contributed by atoms with Crippen molar-refractivity contribution in [3.63, 3.8) is 0 Å². The monoisotopic (exact) mass is 176 g/mol. The van der Waals surface area contributed by atoms with Crippen molar-refractivity contribution >= 4 is 10.9 Å². The molecule has 4 nitrogen and oxygen atoms in total. The van der Waals surface area contributed by atoms with Crippen LogP contribution >= 0.6 is 0 Å². The molecule has 0 radical (unpaired) electrons. The maximum absolute atomic E-state index is 8.70. The molecule has 2 aromatic rings. The summed E-state index contributed by atoms with van der Waals surface area (Å²) in [7, 11) is 0. The summed E-state index contributed by atoms with van der Waals surface area (Å²) in [6, 6.07) is 7.18. The predicted octanol–water partition coefficient (Wildman–Crippen LogP) is 1.43. The minimum atomic E-state index is 0.414. The Morgan fingerprint density at radius 2 is 2.15 bits per heavy atom. The molecule has 0 unspecified atom stereocenters. The molecule has 1 aromatic heterocycles. The van der Waals surface area contributed by atoms with E-state index in [4.69, 9.17) is 9.73 Å². The van der Waals surface area contributed by atoms with Crippen molar-refractivity contribution in [3.05, 3.63) is 35.4 Å². The summed E-state index contributed by atoms with van der Waals surface area (Å²) in [6.45, 7) is 1.82. The average molecular weight is 176 g/mol. The first-order chi connectivity index (χ1) is 6.33. The number of aromatic nitrogens is 1. The van der Waals surface area contributed by atoms with Crippen LogP contribution in [0.1, 0.15) is 5.76 Å². The lowest BCUT2D eigenvalue weighted by atomic mass is 10.3. The standard InChI is InChI=1S/C9H8N2O2/c1-6-7-4-2-3-5-8(10-12)9(7)11-13-6/h2-5,12H,1H3/b10-8-. The predicted molar refractivity (Wildman–Crippen MR) is 46.1 cm³/mol. The van der Waals surface area contributed by atoms with Gasteiger partial charge in [0.15, 0.2) is 0 Å². The molecule has 0 aliphatic heterocycles. The number of hydrogen-bond acceptors (Lipinski definition) is 4. The second kappa shape index (κ2) is 2.90. The van der Waals surface area contributed by atoms with Gasteiger partial charge >= 0.3 is 0 Å². The summed E-state index contributed by atoms with van der Waals surface area (Å²) in [5.41, 5.74) is 0.574. The fourth-order valence-electron chi connectivity index (χ4n) is 1.22. The number of aryl methyl sites for hydroxylation is 1. The molecule has 0 saturated carbocycles. The summed E-state index contributed by atoms with van der Waals surface area (Å²) in [5.74, 6) is 0.719. The molecule has 1 N–H and O–H groups in total. The summed E-state index contributed by atoms with van der Waals surface area (Å²) in [6.07, 6.45) is 0. The Bertz CT molecular complexity index is 502. The van der Waals surface area contributed by atoms with Crippen molar-refractivity contribution in [2.24, 2.45) is 5.16 Å². The summed E-state index contributed by atoms with van der Waals surface area (Å²) < 4.78 is 4.98. The Kier molecular flexibility index (Phi) is 1.73. The van der Waals surface area contributed by atoms with Crippen molar-refractivity contribution in [1.82, 2.24) is 5.16 Å². The van der Waals surface area contributed by atoms with Gasteiger partial charge in [-0.1, -0.05) is 22.4 Å². The molecule has 13 heavy (non-hydrogen) atoms. The minimum Gasteiger partial charge on any atom is -0.410 e. The van der Waals surface area contributed by atoms with Crippen LogP contribution in [-0.2, 0) is 0 Å². The van der Waals surface area contributed by atoms with Gasteiger partial charge in [-0.3, -0.25) is 0 Å². The quantitative estimate of drug-likeness (QED) is 0.488. The zero-order valence-corrected chi connectivity index (χ0v) is 7.06. The Morgan fingerprint density at radius 3 is 2.92 bits per heavy atom. The molecule has 0 atom stereocenters. The van der Waals surface area contributed by atoms with Crippen molar-refractivity contribution < 1.29 is 9.73 Å². The fourth-order valence-corrected chi connectivity index (χ4v) is 1.22. The van der Waals surface area contributed by atoms with Gasteiger partial charge in [-0.25, -0.2) is 0 Å². The van der Waals surface area contributed by atoms with Crippen molar-refractivity contribution in [3.8, 4) is 0 Å². The molecule has 0 spiro atoms. The van der Waals surface area contributed by atoms with Crippen molar-refractivity contribution in [1.29, 1.82) is 0 Å². The van der Waals surface area contributed by atoms with E-state index < -0.39 is 0 Å². The number of fused-ring (bicyclic) bond motifs is 1. The smallest absolute Gasteiger partial charge is 0.143 e. The number of hydrogen-bond donors (Lipinski definition) is 1. The molecule has 0 bridgehead atoms. The van der Waals surface area contributed by atoms with E-state index in [-0.39, 0.29) is 0 Å². The van der Waals surface area contributed by atoms with E-state index in [1.54, 1.807) is 12.1 Å². The van der Waals surface area contributed by atoms with Gasteiger partial charge in [0.05, 0.1) is 0 Å². The maximum Gasteiger partial charge on any atom is 0.143 e. The highest BCUT2D eigenvalue weighted by atomic mass is 16.5. The van der Waals surface area contributed by atoms with E-state index in [1.807, 2.05) is 19.1 Å². The summed E-state index contributed by atoms with van der Waals surface area (Å²) in [4.78, 5) is 0. The van der Waals surface area contributed by atoms with Crippen LogP contribution in [0, 0.1) is 6.92 Å². The van der Waals surface area contributed by atoms with Gasteiger partial charge in [-0.05, 0) is 19.1 Å². The van der Waals surface area contributed by atoms with Gasteiger partial charge in [-0.15, -0.1) is 0 Å². The van der Waals surface area contributed by atoms with Gasteiger partial charge in [0.2, 0.25) is 0 Å². The molecule has 2 rings (SSSR count). The molecule has 1 aromatic carbocycles. The van der Waals surface area contributed by atoms with Crippen LogP contribution in [0.5, 0.6) is 0 Å². The van der Waals surface area contributed by atoms with E-state index in [1.165, 1.54) is 0 Å². The molecule has 0 saturated heterocycles. The van der Waals surface area contributed by atoms with E-state index >= 15 is 0 Å². The van der Waals surface area contributed by atoms with Crippen LogP contribution in [0.2, 0.25) is 0 Å².